The highest BCUT2D eigenvalue weighted by molar-refractivity contribution is 6.33. The molecule has 17 heavy (non-hydrogen) atoms. The summed E-state index contributed by atoms with van der Waals surface area (Å²) in [5, 5.41) is 9.38. The Morgan fingerprint density at radius 1 is 1.29 bits per heavy atom. The average Bonchev–Trinajstić information content (AvgIpc) is 2.30. The molecule has 3 nitrogen and oxygen atoms in total. The van der Waals surface area contributed by atoms with Gasteiger partial charge in [0, 0.05) is 5.56 Å². The van der Waals surface area contributed by atoms with E-state index in [-0.39, 0.29) is 22.5 Å². The maximum atomic E-state index is 12.9. The maximum Gasteiger partial charge on any atom is 0.152 e. The van der Waals surface area contributed by atoms with Gasteiger partial charge >= 0.3 is 0 Å². The van der Waals surface area contributed by atoms with Crippen molar-refractivity contribution < 1.29 is 9.50 Å². The standard InChI is InChI=1S/C11H7Cl2FN2O/c12-8-3-6(14)1-2-7(8)9-4-15-11(13)10(5-17)16-9/h1-4,17H,5H2. The molecule has 1 aromatic heterocycles. The molecule has 0 amide bonds. The van der Waals surface area contributed by atoms with Crippen molar-refractivity contribution in [2.75, 3.05) is 0 Å². The first-order chi connectivity index (χ1) is 8.11. The Morgan fingerprint density at radius 3 is 2.71 bits per heavy atom. The van der Waals surface area contributed by atoms with Crippen LogP contribution in [0.2, 0.25) is 10.2 Å². The number of halogens is 3. The third kappa shape index (κ3) is 2.54. The van der Waals surface area contributed by atoms with E-state index < -0.39 is 5.82 Å². The minimum Gasteiger partial charge on any atom is -0.390 e. The summed E-state index contributed by atoms with van der Waals surface area (Å²) >= 11 is 11.6. The molecule has 0 fully saturated rings. The topological polar surface area (TPSA) is 46.0 Å². The number of aliphatic hydroxyl groups excluding tert-OH is 1. The fraction of sp³-hybridized carbons (Fsp3) is 0.0909. The summed E-state index contributed by atoms with van der Waals surface area (Å²) in [5.74, 6) is -0.428. The SMILES string of the molecule is OCc1nc(-c2ccc(F)cc2Cl)cnc1Cl. The van der Waals surface area contributed by atoms with E-state index in [0.717, 1.165) is 0 Å². The zero-order valence-corrected chi connectivity index (χ0v) is 10.0. The van der Waals surface area contributed by atoms with Crippen molar-refractivity contribution in [2.24, 2.45) is 0 Å². The van der Waals surface area contributed by atoms with Crippen LogP contribution >= 0.6 is 23.2 Å². The minimum atomic E-state index is -0.428. The summed E-state index contributed by atoms with van der Waals surface area (Å²) < 4.78 is 12.9. The van der Waals surface area contributed by atoms with E-state index in [1.165, 1.54) is 24.4 Å². The van der Waals surface area contributed by atoms with Crippen LogP contribution in [0, 0.1) is 5.82 Å². The molecule has 0 saturated heterocycles. The van der Waals surface area contributed by atoms with Gasteiger partial charge in [0.2, 0.25) is 0 Å². The van der Waals surface area contributed by atoms with Crippen LogP contribution in [0.25, 0.3) is 11.3 Å². The van der Waals surface area contributed by atoms with Gasteiger partial charge in [-0.25, -0.2) is 14.4 Å². The van der Waals surface area contributed by atoms with E-state index in [4.69, 9.17) is 28.3 Å². The lowest BCUT2D eigenvalue weighted by Gasteiger charge is -2.06. The van der Waals surface area contributed by atoms with Gasteiger partial charge in [-0.2, -0.15) is 0 Å². The van der Waals surface area contributed by atoms with Gasteiger partial charge in [-0.3, -0.25) is 0 Å². The summed E-state index contributed by atoms with van der Waals surface area (Å²) in [7, 11) is 0. The first-order valence-corrected chi connectivity index (χ1v) is 5.45. The highest BCUT2D eigenvalue weighted by Crippen LogP contribution is 2.27. The third-order valence-electron chi connectivity index (χ3n) is 2.15. The van der Waals surface area contributed by atoms with E-state index in [2.05, 4.69) is 9.97 Å². The minimum absolute atomic E-state index is 0.134. The number of rotatable bonds is 2. The normalized spacial score (nSPS) is 10.6. The van der Waals surface area contributed by atoms with Crippen molar-refractivity contribution in [3.63, 3.8) is 0 Å². The van der Waals surface area contributed by atoms with Gasteiger partial charge in [-0.1, -0.05) is 23.2 Å². The lowest BCUT2D eigenvalue weighted by atomic mass is 10.1. The molecular weight excluding hydrogens is 266 g/mol. The van der Waals surface area contributed by atoms with Crippen LogP contribution in [0.3, 0.4) is 0 Å². The number of benzene rings is 1. The summed E-state index contributed by atoms with van der Waals surface area (Å²) in [6.07, 6.45) is 1.42. The molecule has 1 N–H and O–H groups in total. The van der Waals surface area contributed by atoms with Crippen molar-refractivity contribution >= 4 is 23.2 Å². The Hall–Kier alpha value is -1.23. The predicted octanol–water partition coefficient (Wildman–Crippen LogP) is 3.08. The monoisotopic (exact) mass is 272 g/mol. The molecule has 0 atom stereocenters. The molecule has 0 spiro atoms. The molecule has 0 aliphatic carbocycles. The van der Waals surface area contributed by atoms with Gasteiger partial charge in [-0.15, -0.1) is 0 Å². The Morgan fingerprint density at radius 2 is 2.06 bits per heavy atom. The molecule has 1 heterocycles. The number of hydrogen-bond acceptors (Lipinski definition) is 3. The zero-order valence-electron chi connectivity index (χ0n) is 8.49. The van der Waals surface area contributed by atoms with Crippen molar-refractivity contribution in [1.29, 1.82) is 0 Å². The smallest absolute Gasteiger partial charge is 0.152 e. The van der Waals surface area contributed by atoms with E-state index in [9.17, 15) is 4.39 Å². The highest BCUT2D eigenvalue weighted by Gasteiger charge is 2.09. The van der Waals surface area contributed by atoms with Crippen molar-refractivity contribution in [3.8, 4) is 11.3 Å². The Kier molecular flexibility index (Phi) is 3.57. The summed E-state index contributed by atoms with van der Waals surface area (Å²) in [6, 6.07) is 3.96. The summed E-state index contributed by atoms with van der Waals surface area (Å²) in [4.78, 5) is 7.98. The van der Waals surface area contributed by atoms with Crippen molar-refractivity contribution in [3.05, 3.63) is 46.1 Å². The van der Waals surface area contributed by atoms with Crippen LogP contribution in [0.5, 0.6) is 0 Å². The molecule has 0 aliphatic rings. The number of nitrogens with zero attached hydrogens (tertiary/aromatic N) is 2. The van der Waals surface area contributed by atoms with Crippen LogP contribution in [-0.2, 0) is 6.61 Å². The first-order valence-electron chi connectivity index (χ1n) is 4.69. The Balaban J connectivity index is 2.53. The highest BCUT2D eigenvalue weighted by atomic mass is 35.5. The molecule has 2 rings (SSSR count). The molecular formula is C11H7Cl2FN2O. The number of aliphatic hydroxyl groups is 1. The van der Waals surface area contributed by atoms with E-state index in [1.54, 1.807) is 0 Å². The van der Waals surface area contributed by atoms with Crippen LogP contribution < -0.4 is 0 Å². The van der Waals surface area contributed by atoms with Crippen molar-refractivity contribution in [2.45, 2.75) is 6.61 Å². The summed E-state index contributed by atoms with van der Waals surface area (Å²) in [6.45, 7) is -0.321. The van der Waals surface area contributed by atoms with Gasteiger partial charge in [0.1, 0.15) is 11.5 Å². The van der Waals surface area contributed by atoms with E-state index in [1.807, 2.05) is 0 Å². The lowest BCUT2D eigenvalue weighted by Crippen LogP contribution is -1.96. The lowest BCUT2D eigenvalue weighted by molar-refractivity contribution is 0.276. The Labute approximate surface area is 107 Å². The van der Waals surface area contributed by atoms with Gasteiger partial charge in [-0.05, 0) is 18.2 Å². The Bertz CT molecular complexity index is 563. The van der Waals surface area contributed by atoms with Crippen molar-refractivity contribution in [1.82, 2.24) is 9.97 Å². The first kappa shape index (κ1) is 12.2. The average molecular weight is 273 g/mol. The molecule has 1 aromatic carbocycles. The van der Waals surface area contributed by atoms with Crippen LogP contribution in [0.1, 0.15) is 5.69 Å². The fourth-order valence-corrected chi connectivity index (χ4v) is 1.76. The second-order valence-corrected chi connectivity index (χ2v) is 4.04. The van der Waals surface area contributed by atoms with Crippen LogP contribution in [0.4, 0.5) is 4.39 Å². The molecule has 88 valence electrons. The fourth-order valence-electron chi connectivity index (χ4n) is 1.34. The molecule has 0 aliphatic heterocycles. The van der Waals surface area contributed by atoms with E-state index >= 15 is 0 Å². The molecule has 0 bridgehead atoms. The predicted molar refractivity (Wildman–Crippen MR) is 63.4 cm³/mol. The molecule has 0 saturated carbocycles. The quantitative estimate of drug-likeness (QED) is 0.914. The molecule has 0 unspecified atom stereocenters. The largest absolute Gasteiger partial charge is 0.390 e. The zero-order chi connectivity index (χ0) is 12.4. The van der Waals surface area contributed by atoms with Gasteiger partial charge in [0.15, 0.2) is 5.15 Å². The van der Waals surface area contributed by atoms with Gasteiger partial charge in [0.05, 0.1) is 23.5 Å². The van der Waals surface area contributed by atoms with Crippen LogP contribution in [-0.4, -0.2) is 15.1 Å². The second-order valence-electron chi connectivity index (χ2n) is 3.28. The van der Waals surface area contributed by atoms with E-state index in [0.29, 0.717) is 11.3 Å². The summed E-state index contributed by atoms with van der Waals surface area (Å²) in [5.41, 5.74) is 1.22. The molecule has 6 heteroatoms. The van der Waals surface area contributed by atoms with Gasteiger partial charge < -0.3 is 5.11 Å². The maximum absolute atomic E-state index is 12.9. The third-order valence-corrected chi connectivity index (χ3v) is 2.78. The molecule has 2 aromatic rings. The number of hydrogen-bond donors (Lipinski definition) is 1. The van der Waals surface area contributed by atoms with Gasteiger partial charge in [0.25, 0.3) is 0 Å². The van der Waals surface area contributed by atoms with Crippen LogP contribution in [0.15, 0.2) is 24.4 Å². The second kappa shape index (κ2) is 4.96. The molecule has 0 radical (unpaired) electrons. The number of aromatic nitrogens is 2.